The van der Waals surface area contributed by atoms with Crippen molar-refractivity contribution in [1.82, 2.24) is 9.97 Å². The molecule has 4 heteroatoms. The first kappa shape index (κ1) is 10.5. The summed E-state index contributed by atoms with van der Waals surface area (Å²) in [6, 6.07) is 6.98. The van der Waals surface area contributed by atoms with Gasteiger partial charge in [0.05, 0.1) is 17.9 Å². The number of pyridine rings is 2. The van der Waals surface area contributed by atoms with Crippen LogP contribution in [0.15, 0.2) is 42.9 Å². The lowest BCUT2D eigenvalue weighted by Gasteiger charge is -2.14. The number of rotatable bonds is 3. The van der Waals surface area contributed by atoms with Crippen LogP contribution in [-0.4, -0.2) is 9.97 Å². The second-order valence-electron chi connectivity index (χ2n) is 3.52. The van der Waals surface area contributed by atoms with Crippen molar-refractivity contribution < 1.29 is 4.39 Å². The molecule has 1 atom stereocenters. The van der Waals surface area contributed by atoms with Crippen molar-refractivity contribution >= 4 is 5.69 Å². The third-order valence-corrected chi connectivity index (χ3v) is 2.29. The van der Waals surface area contributed by atoms with Crippen molar-refractivity contribution in [2.45, 2.75) is 13.0 Å². The van der Waals surface area contributed by atoms with E-state index in [2.05, 4.69) is 15.3 Å². The van der Waals surface area contributed by atoms with Crippen molar-refractivity contribution in [2.24, 2.45) is 0 Å². The highest BCUT2D eigenvalue weighted by Gasteiger charge is 2.04. The van der Waals surface area contributed by atoms with Crippen LogP contribution in [0.3, 0.4) is 0 Å². The number of anilines is 1. The number of halogens is 1. The van der Waals surface area contributed by atoms with E-state index in [1.165, 1.54) is 12.3 Å². The Bertz CT molecular complexity index is 442. The normalized spacial score (nSPS) is 12.1. The van der Waals surface area contributed by atoms with E-state index in [0.29, 0.717) is 0 Å². The smallest absolute Gasteiger partial charge is 0.212 e. The lowest BCUT2D eigenvalue weighted by Crippen LogP contribution is -2.07. The van der Waals surface area contributed by atoms with E-state index in [9.17, 15) is 4.39 Å². The number of nitrogens with one attached hydrogen (secondary N) is 1. The maximum Gasteiger partial charge on any atom is 0.212 e. The molecule has 2 heterocycles. The van der Waals surface area contributed by atoms with Crippen molar-refractivity contribution in [3.63, 3.8) is 0 Å². The van der Waals surface area contributed by atoms with Crippen molar-refractivity contribution in [3.8, 4) is 0 Å². The van der Waals surface area contributed by atoms with Crippen LogP contribution in [-0.2, 0) is 0 Å². The molecule has 0 amide bonds. The molecule has 1 N–H and O–H groups in total. The first-order valence-electron chi connectivity index (χ1n) is 5.04. The van der Waals surface area contributed by atoms with Crippen LogP contribution < -0.4 is 5.32 Å². The standard InChI is InChI=1S/C12H12FN3/c1-9(10-3-2-6-14-7-10)16-11-4-5-12(13)15-8-11/h2-9,16H,1H3. The molecule has 0 aliphatic carbocycles. The van der Waals surface area contributed by atoms with Gasteiger partial charge in [-0.3, -0.25) is 4.98 Å². The van der Waals surface area contributed by atoms with Crippen LogP contribution >= 0.6 is 0 Å². The Morgan fingerprint density at radius 3 is 2.75 bits per heavy atom. The fraction of sp³-hybridized carbons (Fsp3) is 0.167. The maximum atomic E-state index is 12.6. The molecule has 0 fully saturated rings. The lowest BCUT2D eigenvalue weighted by atomic mass is 10.1. The second-order valence-corrected chi connectivity index (χ2v) is 3.52. The van der Waals surface area contributed by atoms with Crippen molar-refractivity contribution in [2.75, 3.05) is 5.32 Å². The van der Waals surface area contributed by atoms with Crippen LogP contribution in [0.2, 0.25) is 0 Å². The maximum absolute atomic E-state index is 12.6. The molecule has 16 heavy (non-hydrogen) atoms. The van der Waals surface area contributed by atoms with Gasteiger partial charge in [-0.05, 0) is 30.7 Å². The van der Waals surface area contributed by atoms with Gasteiger partial charge in [-0.25, -0.2) is 4.98 Å². The summed E-state index contributed by atoms with van der Waals surface area (Å²) in [5, 5.41) is 3.22. The minimum absolute atomic E-state index is 0.112. The number of hydrogen-bond acceptors (Lipinski definition) is 3. The summed E-state index contributed by atoms with van der Waals surface area (Å²) in [4.78, 5) is 7.63. The minimum Gasteiger partial charge on any atom is -0.377 e. The SMILES string of the molecule is CC(Nc1ccc(F)nc1)c1cccnc1. The molecule has 0 radical (unpaired) electrons. The average molecular weight is 217 g/mol. The molecule has 0 bridgehead atoms. The molecule has 1 unspecified atom stereocenters. The van der Waals surface area contributed by atoms with Gasteiger partial charge in [-0.15, -0.1) is 0 Å². The molecule has 0 spiro atoms. The van der Waals surface area contributed by atoms with Crippen molar-refractivity contribution in [1.29, 1.82) is 0 Å². The number of aromatic nitrogens is 2. The summed E-state index contributed by atoms with van der Waals surface area (Å²) >= 11 is 0. The summed E-state index contributed by atoms with van der Waals surface area (Å²) in [5.74, 6) is -0.473. The largest absolute Gasteiger partial charge is 0.377 e. The average Bonchev–Trinajstić information content (AvgIpc) is 2.33. The van der Waals surface area contributed by atoms with E-state index >= 15 is 0 Å². The van der Waals surface area contributed by atoms with Gasteiger partial charge in [0.1, 0.15) is 0 Å². The first-order chi connectivity index (χ1) is 7.75. The first-order valence-corrected chi connectivity index (χ1v) is 5.04. The summed E-state index contributed by atoms with van der Waals surface area (Å²) in [5.41, 5.74) is 1.87. The fourth-order valence-corrected chi connectivity index (χ4v) is 1.43. The summed E-state index contributed by atoms with van der Waals surface area (Å²) in [6.07, 6.45) is 5.01. The molecule has 0 aliphatic rings. The van der Waals surface area contributed by atoms with Gasteiger partial charge in [-0.2, -0.15) is 4.39 Å². The van der Waals surface area contributed by atoms with Crippen LogP contribution in [0.4, 0.5) is 10.1 Å². The van der Waals surface area contributed by atoms with Crippen LogP contribution in [0.1, 0.15) is 18.5 Å². The molecule has 0 aromatic carbocycles. The molecule has 2 aromatic rings. The number of nitrogens with zero attached hydrogens (tertiary/aromatic N) is 2. The summed E-state index contributed by atoms with van der Waals surface area (Å²) < 4.78 is 12.6. The van der Waals surface area contributed by atoms with Gasteiger partial charge in [-0.1, -0.05) is 6.07 Å². The van der Waals surface area contributed by atoms with E-state index in [1.54, 1.807) is 18.5 Å². The molecule has 0 saturated heterocycles. The molecule has 0 aliphatic heterocycles. The second kappa shape index (κ2) is 4.70. The molecule has 2 rings (SSSR count). The third-order valence-electron chi connectivity index (χ3n) is 2.29. The van der Waals surface area contributed by atoms with Gasteiger partial charge >= 0.3 is 0 Å². The molecule has 82 valence electrons. The Kier molecular flexibility index (Phi) is 3.10. The van der Waals surface area contributed by atoms with E-state index < -0.39 is 5.95 Å². The molecular weight excluding hydrogens is 205 g/mol. The zero-order chi connectivity index (χ0) is 11.4. The molecular formula is C12H12FN3. The van der Waals surface area contributed by atoms with Crippen molar-refractivity contribution in [3.05, 3.63) is 54.4 Å². The Morgan fingerprint density at radius 1 is 1.25 bits per heavy atom. The van der Waals surface area contributed by atoms with Gasteiger partial charge in [0.15, 0.2) is 0 Å². The van der Waals surface area contributed by atoms with Gasteiger partial charge in [0, 0.05) is 12.4 Å². The minimum atomic E-state index is -0.473. The lowest BCUT2D eigenvalue weighted by molar-refractivity contribution is 0.584. The topological polar surface area (TPSA) is 37.8 Å². The predicted molar refractivity (Wildman–Crippen MR) is 60.5 cm³/mol. The van der Waals surface area contributed by atoms with Crippen LogP contribution in [0.5, 0.6) is 0 Å². The highest BCUT2D eigenvalue weighted by molar-refractivity contribution is 5.42. The molecule has 2 aromatic heterocycles. The zero-order valence-corrected chi connectivity index (χ0v) is 8.89. The summed E-state index contributed by atoms with van der Waals surface area (Å²) in [7, 11) is 0. The van der Waals surface area contributed by atoms with E-state index in [0.717, 1.165) is 11.3 Å². The number of hydrogen-bond donors (Lipinski definition) is 1. The van der Waals surface area contributed by atoms with E-state index in [4.69, 9.17) is 0 Å². The Hall–Kier alpha value is -1.97. The van der Waals surface area contributed by atoms with Gasteiger partial charge < -0.3 is 5.32 Å². The highest BCUT2D eigenvalue weighted by atomic mass is 19.1. The van der Waals surface area contributed by atoms with E-state index in [1.807, 2.05) is 19.1 Å². The Balaban J connectivity index is 2.08. The zero-order valence-electron chi connectivity index (χ0n) is 8.89. The van der Waals surface area contributed by atoms with Gasteiger partial charge in [0.2, 0.25) is 5.95 Å². The van der Waals surface area contributed by atoms with Gasteiger partial charge in [0.25, 0.3) is 0 Å². The predicted octanol–water partition coefficient (Wildman–Crippen LogP) is 2.79. The van der Waals surface area contributed by atoms with Crippen LogP contribution in [0, 0.1) is 5.95 Å². The van der Waals surface area contributed by atoms with Crippen LogP contribution in [0.25, 0.3) is 0 Å². The fourth-order valence-electron chi connectivity index (χ4n) is 1.43. The molecule has 0 saturated carbocycles. The molecule has 3 nitrogen and oxygen atoms in total. The highest BCUT2D eigenvalue weighted by Crippen LogP contribution is 2.17. The Labute approximate surface area is 93.4 Å². The van der Waals surface area contributed by atoms with E-state index in [-0.39, 0.29) is 6.04 Å². The third kappa shape index (κ3) is 2.53. The Morgan fingerprint density at radius 2 is 2.12 bits per heavy atom. The monoisotopic (exact) mass is 217 g/mol. The quantitative estimate of drug-likeness (QED) is 0.803. The summed E-state index contributed by atoms with van der Waals surface area (Å²) in [6.45, 7) is 2.01.